The summed E-state index contributed by atoms with van der Waals surface area (Å²) in [7, 11) is 1.39. The molecular formula is C22H28O3. The van der Waals surface area contributed by atoms with Crippen molar-refractivity contribution in [3.8, 4) is 16.9 Å². The summed E-state index contributed by atoms with van der Waals surface area (Å²) >= 11 is 0. The van der Waals surface area contributed by atoms with Crippen LogP contribution in [0.1, 0.15) is 55.8 Å². The largest absolute Gasteiger partial charge is 0.494 e. The van der Waals surface area contributed by atoms with Crippen molar-refractivity contribution in [3.63, 3.8) is 0 Å². The van der Waals surface area contributed by atoms with Crippen LogP contribution >= 0.6 is 0 Å². The van der Waals surface area contributed by atoms with Gasteiger partial charge in [-0.2, -0.15) is 0 Å². The molecule has 134 valence electrons. The van der Waals surface area contributed by atoms with Crippen LogP contribution < -0.4 is 4.74 Å². The Morgan fingerprint density at radius 1 is 0.800 bits per heavy atom. The molecule has 2 rings (SSSR count). The quantitative estimate of drug-likeness (QED) is 0.400. The minimum absolute atomic E-state index is 0.315. The van der Waals surface area contributed by atoms with Crippen molar-refractivity contribution < 1.29 is 14.3 Å². The number of unbranched alkanes of at least 4 members (excludes halogenated alkanes) is 5. The van der Waals surface area contributed by atoms with Gasteiger partial charge in [0.1, 0.15) is 5.75 Å². The van der Waals surface area contributed by atoms with Gasteiger partial charge in [-0.3, -0.25) is 0 Å². The molecule has 0 aromatic heterocycles. The van der Waals surface area contributed by atoms with Crippen LogP contribution in [-0.2, 0) is 4.74 Å². The summed E-state index contributed by atoms with van der Waals surface area (Å²) in [6.07, 6.45) is 7.61. The number of hydrogen-bond acceptors (Lipinski definition) is 3. The second-order valence-electron chi connectivity index (χ2n) is 6.21. The third-order valence-corrected chi connectivity index (χ3v) is 4.26. The molecule has 0 atom stereocenters. The van der Waals surface area contributed by atoms with Crippen LogP contribution in [0.4, 0.5) is 0 Å². The van der Waals surface area contributed by atoms with E-state index in [0.29, 0.717) is 5.56 Å². The summed E-state index contributed by atoms with van der Waals surface area (Å²) in [6.45, 7) is 3.01. The molecule has 0 aliphatic carbocycles. The Kier molecular flexibility index (Phi) is 8.03. The molecule has 0 heterocycles. The molecule has 0 aliphatic rings. The van der Waals surface area contributed by atoms with Gasteiger partial charge in [-0.15, -0.1) is 0 Å². The van der Waals surface area contributed by atoms with Gasteiger partial charge in [0.05, 0.1) is 19.3 Å². The first-order valence-corrected chi connectivity index (χ1v) is 9.16. The van der Waals surface area contributed by atoms with Crippen LogP contribution in [-0.4, -0.2) is 19.7 Å². The zero-order valence-corrected chi connectivity index (χ0v) is 15.3. The highest BCUT2D eigenvalue weighted by molar-refractivity contribution is 5.89. The molecule has 0 N–H and O–H groups in total. The van der Waals surface area contributed by atoms with E-state index in [1.807, 2.05) is 36.4 Å². The van der Waals surface area contributed by atoms with Gasteiger partial charge >= 0.3 is 5.97 Å². The lowest BCUT2D eigenvalue weighted by atomic mass is 10.0. The first-order valence-electron chi connectivity index (χ1n) is 9.16. The van der Waals surface area contributed by atoms with Crippen LogP contribution in [0.2, 0.25) is 0 Å². The maximum Gasteiger partial charge on any atom is 0.337 e. The van der Waals surface area contributed by atoms with E-state index in [9.17, 15) is 4.79 Å². The van der Waals surface area contributed by atoms with E-state index in [1.165, 1.54) is 39.2 Å². The van der Waals surface area contributed by atoms with E-state index in [-0.39, 0.29) is 5.97 Å². The fourth-order valence-electron chi connectivity index (χ4n) is 2.73. The van der Waals surface area contributed by atoms with E-state index in [2.05, 4.69) is 6.92 Å². The Labute approximate surface area is 151 Å². The molecule has 0 spiro atoms. The molecule has 0 bridgehead atoms. The highest BCUT2D eigenvalue weighted by atomic mass is 16.5. The van der Waals surface area contributed by atoms with Gasteiger partial charge in [0, 0.05) is 0 Å². The molecule has 0 unspecified atom stereocenters. The van der Waals surface area contributed by atoms with Crippen LogP contribution in [0.15, 0.2) is 48.5 Å². The summed E-state index contributed by atoms with van der Waals surface area (Å²) in [5, 5.41) is 0. The van der Waals surface area contributed by atoms with Crippen molar-refractivity contribution in [2.45, 2.75) is 45.4 Å². The van der Waals surface area contributed by atoms with Crippen molar-refractivity contribution in [1.29, 1.82) is 0 Å². The van der Waals surface area contributed by atoms with Gasteiger partial charge in [-0.1, -0.05) is 63.3 Å². The van der Waals surface area contributed by atoms with Crippen molar-refractivity contribution in [2.75, 3.05) is 13.7 Å². The van der Waals surface area contributed by atoms with Crippen LogP contribution in [0.3, 0.4) is 0 Å². The Balaban J connectivity index is 1.80. The second kappa shape index (κ2) is 10.5. The number of carbonyl (C=O) groups excluding carboxylic acids is 1. The van der Waals surface area contributed by atoms with E-state index < -0.39 is 0 Å². The Morgan fingerprint density at radius 3 is 1.96 bits per heavy atom. The maximum atomic E-state index is 11.5. The van der Waals surface area contributed by atoms with Gasteiger partial charge in [0.25, 0.3) is 0 Å². The number of ether oxygens (including phenoxy) is 2. The van der Waals surface area contributed by atoms with Crippen LogP contribution in [0.25, 0.3) is 11.1 Å². The standard InChI is InChI=1S/C22H28O3/c1-3-4-5-6-7-8-17-25-21-15-13-19(14-16-21)18-9-11-20(12-10-18)22(23)24-2/h9-16H,3-8,17H2,1-2H3. The molecule has 0 saturated carbocycles. The number of rotatable bonds is 10. The van der Waals surface area contributed by atoms with E-state index >= 15 is 0 Å². The van der Waals surface area contributed by atoms with Crippen molar-refractivity contribution in [3.05, 3.63) is 54.1 Å². The predicted octanol–water partition coefficient (Wildman–Crippen LogP) is 5.88. The average molecular weight is 340 g/mol. The highest BCUT2D eigenvalue weighted by Crippen LogP contribution is 2.23. The number of hydrogen-bond donors (Lipinski definition) is 0. The fourth-order valence-corrected chi connectivity index (χ4v) is 2.73. The van der Waals surface area contributed by atoms with Gasteiger partial charge in [0.2, 0.25) is 0 Å². The molecular weight excluding hydrogens is 312 g/mol. The Hall–Kier alpha value is -2.29. The van der Waals surface area contributed by atoms with Crippen molar-refractivity contribution in [2.24, 2.45) is 0 Å². The average Bonchev–Trinajstić information content (AvgIpc) is 2.67. The molecule has 2 aromatic rings. The lowest BCUT2D eigenvalue weighted by molar-refractivity contribution is 0.0601. The molecule has 25 heavy (non-hydrogen) atoms. The monoisotopic (exact) mass is 340 g/mol. The highest BCUT2D eigenvalue weighted by Gasteiger charge is 2.05. The zero-order chi connectivity index (χ0) is 17.9. The normalized spacial score (nSPS) is 10.5. The summed E-state index contributed by atoms with van der Waals surface area (Å²) in [4.78, 5) is 11.5. The zero-order valence-electron chi connectivity index (χ0n) is 15.3. The Morgan fingerprint density at radius 2 is 1.36 bits per heavy atom. The lowest BCUT2D eigenvalue weighted by Crippen LogP contribution is -2.00. The molecule has 0 radical (unpaired) electrons. The summed E-state index contributed by atoms with van der Waals surface area (Å²) in [5.74, 6) is 0.591. The third kappa shape index (κ3) is 6.26. The number of methoxy groups -OCH3 is 1. The molecule has 3 nitrogen and oxygen atoms in total. The molecule has 0 saturated heterocycles. The first-order chi connectivity index (χ1) is 12.2. The predicted molar refractivity (Wildman–Crippen MR) is 102 cm³/mol. The smallest absolute Gasteiger partial charge is 0.337 e. The van der Waals surface area contributed by atoms with Gasteiger partial charge in [0.15, 0.2) is 0 Å². The molecule has 2 aromatic carbocycles. The summed E-state index contributed by atoms with van der Waals surface area (Å²) < 4.78 is 10.5. The van der Waals surface area contributed by atoms with E-state index in [0.717, 1.165) is 29.9 Å². The topological polar surface area (TPSA) is 35.5 Å². The fraction of sp³-hybridized carbons (Fsp3) is 0.409. The summed E-state index contributed by atoms with van der Waals surface area (Å²) in [5.41, 5.74) is 2.73. The van der Waals surface area contributed by atoms with Crippen LogP contribution in [0.5, 0.6) is 5.75 Å². The number of benzene rings is 2. The molecule has 3 heteroatoms. The maximum absolute atomic E-state index is 11.5. The number of carbonyl (C=O) groups is 1. The van der Waals surface area contributed by atoms with Gasteiger partial charge in [-0.25, -0.2) is 4.79 Å². The van der Waals surface area contributed by atoms with Gasteiger partial charge < -0.3 is 9.47 Å². The first kappa shape index (κ1) is 19.0. The van der Waals surface area contributed by atoms with Crippen molar-refractivity contribution >= 4 is 5.97 Å². The van der Waals surface area contributed by atoms with E-state index in [1.54, 1.807) is 12.1 Å². The minimum atomic E-state index is -0.315. The molecule has 0 fully saturated rings. The van der Waals surface area contributed by atoms with E-state index in [4.69, 9.17) is 9.47 Å². The lowest BCUT2D eigenvalue weighted by Gasteiger charge is -2.08. The van der Waals surface area contributed by atoms with Gasteiger partial charge in [-0.05, 0) is 41.8 Å². The number of esters is 1. The third-order valence-electron chi connectivity index (χ3n) is 4.26. The Bertz CT molecular complexity index is 629. The minimum Gasteiger partial charge on any atom is -0.494 e. The SMILES string of the molecule is CCCCCCCCOc1ccc(-c2ccc(C(=O)OC)cc2)cc1. The molecule has 0 amide bonds. The molecule has 0 aliphatic heterocycles. The second-order valence-corrected chi connectivity index (χ2v) is 6.21. The van der Waals surface area contributed by atoms with Crippen LogP contribution in [0, 0.1) is 0 Å². The summed E-state index contributed by atoms with van der Waals surface area (Å²) in [6, 6.07) is 15.5. The van der Waals surface area contributed by atoms with Crippen molar-refractivity contribution in [1.82, 2.24) is 0 Å².